The Labute approximate surface area is 62.2 Å². The van der Waals surface area contributed by atoms with Crippen LogP contribution in [0.4, 0.5) is 0 Å². The molecule has 0 nitrogen and oxygen atoms in total. The summed E-state index contributed by atoms with van der Waals surface area (Å²) in [6, 6.07) is 0. The Morgan fingerprint density at radius 3 is 1.00 bits per heavy atom. The minimum atomic E-state index is 0. The summed E-state index contributed by atoms with van der Waals surface area (Å²) in [6.07, 6.45) is 0. The van der Waals surface area contributed by atoms with E-state index in [9.17, 15) is 0 Å². The molecule has 4 heavy (non-hydrogen) atoms. The number of hydrogen-bond acceptors (Lipinski definition) is 0. The van der Waals surface area contributed by atoms with Gasteiger partial charge in [-0.05, 0) is 0 Å². The summed E-state index contributed by atoms with van der Waals surface area (Å²) >= 11 is 0. The Morgan fingerprint density at radius 2 is 1.00 bits per heavy atom. The molecule has 0 aromatic heterocycles. The maximum atomic E-state index is 0. The van der Waals surface area contributed by atoms with Crippen LogP contribution in [0.1, 0.15) is 0 Å². The number of hydrogen-bond donors (Lipinski definition) is 0. The van der Waals surface area contributed by atoms with Crippen LogP contribution < -0.4 is 0 Å². The summed E-state index contributed by atoms with van der Waals surface area (Å²) in [4.78, 5) is 0. The van der Waals surface area contributed by atoms with Gasteiger partial charge in [0.1, 0.15) is 0 Å². The summed E-state index contributed by atoms with van der Waals surface area (Å²) in [6.45, 7) is 0. The van der Waals surface area contributed by atoms with Gasteiger partial charge in [0, 0.05) is 62.5 Å². The second-order valence-electron chi connectivity index (χ2n) is 0. The molecule has 0 spiro atoms. The SMILES string of the molecule is [C].[Nb].[Si].[Ti]. The molecule has 0 bridgehead atoms. The van der Waals surface area contributed by atoms with Crippen LogP contribution in [0.15, 0.2) is 0 Å². The van der Waals surface area contributed by atoms with Crippen LogP contribution in [0.5, 0.6) is 0 Å². The Balaban J connectivity index is 0. The predicted octanol–water partition coefficient (Wildman–Crippen LogP) is -0.305. The Morgan fingerprint density at radius 1 is 1.00 bits per heavy atom. The zero-order valence-electron chi connectivity index (χ0n) is 1.95. The molecule has 0 saturated heterocycles. The van der Waals surface area contributed by atoms with E-state index in [1.165, 1.54) is 0 Å². The molecule has 3 heteroatoms. The minimum absolute atomic E-state index is 0. The first kappa shape index (κ1) is 44.3. The van der Waals surface area contributed by atoms with Gasteiger partial charge in [-0.25, -0.2) is 0 Å². The average molecular weight is 181 g/mol. The molecule has 0 N–H and O–H groups in total. The normalized spacial score (nSPS) is 0. The van der Waals surface area contributed by atoms with Gasteiger partial charge >= 0.3 is 0 Å². The minimum Gasteiger partial charge on any atom is 0 e. The molecule has 0 heterocycles. The molecule has 0 aliphatic carbocycles. The molecule has 0 aromatic rings. The number of rotatable bonds is 0. The molecule has 17 valence electrons. The van der Waals surface area contributed by atoms with Crippen LogP contribution in [0.2, 0.25) is 0 Å². The van der Waals surface area contributed by atoms with E-state index in [0.717, 1.165) is 0 Å². The fourth-order valence-electron chi connectivity index (χ4n) is 0. The first-order chi connectivity index (χ1) is 0. The predicted molar refractivity (Wildman–Crippen MR) is 9.00 cm³/mol. The largest absolute Gasteiger partial charge is 0 e. The van der Waals surface area contributed by atoms with Crippen molar-refractivity contribution in [2.24, 2.45) is 0 Å². The van der Waals surface area contributed by atoms with E-state index in [1.807, 2.05) is 0 Å². The second kappa shape index (κ2) is 22.5. The quantitative estimate of drug-likeness (QED) is 0.450. The molecule has 0 atom stereocenters. The molecule has 0 amide bonds. The Kier molecular flexibility index (Phi) is 250. The van der Waals surface area contributed by atoms with Crippen LogP contribution in [0.3, 0.4) is 0 Å². The summed E-state index contributed by atoms with van der Waals surface area (Å²) in [7, 11) is 0. The van der Waals surface area contributed by atoms with E-state index in [-0.39, 0.29) is 62.5 Å². The van der Waals surface area contributed by atoms with Crippen molar-refractivity contribution in [3.63, 3.8) is 0 Å². The third-order valence-electron chi connectivity index (χ3n) is 0. The van der Waals surface area contributed by atoms with Crippen molar-refractivity contribution in [3.8, 4) is 0 Å². The van der Waals surface area contributed by atoms with Crippen LogP contribution in [0, 0.1) is 7.43 Å². The van der Waals surface area contributed by atoms with E-state index < -0.39 is 0 Å². The second-order valence-corrected chi connectivity index (χ2v) is 0. The van der Waals surface area contributed by atoms with Gasteiger partial charge in [-0.15, -0.1) is 0 Å². The van der Waals surface area contributed by atoms with Gasteiger partial charge < -0.3 is 0 Å². The van der Waals surface area contributed by atoms with Crippen molar-refractivity contribution in [1.82, 2.24) is 0 Å². The van der Waals surface area contributed by atoms with Gasteiger partial charge in [-0.1, -0.05) is 0 Å². The molecule has 0 aliphatic rings. The fourth-order valence-corrected chi connectivity index (χ4v) is 0. The molecule has 9 radical (unpaired) electrons. The van der Waals surface area contributed by atoms with Crippen molar-refractivity contribution in [2.45, 2.75) is 0 Å². The maximum Gasteiger partial charge on any atom is 0 e. The molecule has 0 aliphatic heterocycles. The van der Waals surface area contributed by atoms with E-state index in [4.69, 9.17) is 0 Å². The van der Waals surface area contributed by atoms with Crippen molar-refractivity contribution in [1.29, 1.82) is 0 Å². The average Bonchev–Trinajstić information content (AvgIpc) is 0. The van der Waals surface area contributed by atoms with Crippen molar-refractivity contribution >= 4 is 11.0 Å². The molecular weight excluding hydrogens is 181 g/mol. The smallest absolute Gasteiger partial charge is 0 e. The summed E-state index contributed by atoms with van der Waals surface area (Å²) in [5.41, 5.74) is 0. The van der Waals surface area contributed by atoms with Crippen molar-refractivity contribution in [2.75, 3.05) is 0 Å². The Hall–Kier alpha value is 1.67. The molecule has 0 rings (SSSR count). The summed E-state index contributed by atoms with van der Waals surface area (Å²) in [5.74, 6) is 0. The molecule has 0 fully saturated rings. The van der Waals surface area contributed by atoms with Crippen LogP contribution in [-0.4, -0.2) is 11.0 Å². The van der Waals surface area contributed by atoms with E-state index in [1.54, 1.807) is 0 Å². The van der Waals surface area contributed by atoms with Crippen molar-refractivity contribution < 1.29 is 44.1 Å². The zero-order valence-corrected chi connectivity index (χ0v) is 6.71. The third-order valence-corrected chi connectivity index (χ3v) is 0. The summed E-state index contributed by atoms with van der Waals surface area (Å²) < 4.78 is 0. The molecule has 0 aromatic carbocycles. The standard InChI is InChI=1S/C.Nb.Si.Ti. The van der Waals surface area contributed by atoms with Gasteiger partial charge in [0.2, 0.25) is 0 Å². The van der Waals surface area contributed by atoms with Gasteiger partial charge in [0.05, 0.1) is 0 Å². The van der Waals surface area contributed by atoms with Crippen LogP contribution in [0.25, 0.3) is 0 Å². The monoisotopic (exact) mass is 181 g/mol. The first-order valence-electron chi connectivity index (χ1n) is 0. The third kappa shape index (κ3) is 9.38. The zero-order chi connectivity index (χ0) is 0. The van der Waals surface area contributed by atoms with Crippen LogP contribution >= 0.6 is 0 Å². The molecule has 0 saturated carbocycles. The molecule has 0 unspecified atom stereocenters. The molecular formula is CNbSiTi. The maximum absolute atomic E-state index is 0. The first-order valence-corrected chi connectivity index (χ1v) is 0. The fraction of sp³-hybridized carbons (Fsp3) is 0. The topological polar surface area (TPSA) is 0 Å². The van der Waals surface area contributed by atoms with Gasteiger partial charge in [-0.3, -0.25) is 0 Å². The van der Waals surface area contributed by atoms with Gasteiger partial charge in [0.25, 0.3) is 0 Å². The van der Waals surface area contributed by atoms with Gasteiger partial charge in [0.15, 0.2) is 0 Å². The van der Waals surface area contributed by atoms with E-state index in [0.29, 0.717) is 0 Å². The van der Waals surface area contributed by atoms with Crippen molar-refractivity contribution in [3.05, 3.63) is 7.43 Å². The summed E-state index contributed by atoms with van der Waals surface area (Å²) in [5, 5.41) is 0. The van der Waals surface area contributed by atoms with Crippen LogP contribution in [-0.2, 0) is 44.1 Å². The van der Waals surface area contributed by atoms with E-state index in [2.05, 4.69) is 0 Å². The Bertz CT molecular complexity index is 8.00. The van der Waals surface area contributed by atoms with Gasteiger partial charge in [-0.2, -0.15) is 0 Å². The van der Waals surface area contributed by atoms with E-state index >= 15 is 0 Å².